The first-order valence-corrected chi connectivity index (χ1v) is 11.6. The van der Waals surface area contributed by atoms with Crippen LogP contribution in [0.3, 0.4) is 0 Å². The molecule has 0 aromatic heterocycles. The third kappa shape index (κ3) is 4.05. The number of esters is 1. The van der Waals surface area contributed by atoms with E-state index in [2.05, 4.69) is 4.90 Å². The van der Waals surface area contributed by atoms with Gasteiger partial charge in [-0.1, -0.05) is 25.7 Å². The molecule has 0 saturated heterocycles. The van der Waals surface area contributed by atoms with Crippen molar-refractivity contribution in [2.75, 3.05) is 13.2 Å². The summed E-state index contributed by atoms with van der Waals surface area (Å²) in [6.07, 6.45) is 15.0. The van der Waals surface area contributed by atoms with Crippen LogP contribution in [0, 0.1) is 23.2 Å². The Labute approximate surface area is 164 Å². The highest BCUT2D eigenvalue weighted by molar-refractivity contribution is 5.84. The second-order valence-electron chi connectivity index (χ2n) is 9.90. The normalized spacial score (nSPS) is 35.7. The third-order valence-electron chi connectivity index (χ3n) is 7.88. The Hall–Kier alpha value is -1.06. The van der Waals surface area contributed by atoms with Crippen molar-refractivity contribution in [2.24, 2.45) is 23.2 Å². The highest BCUT2D eigenvalue weighted by Crippen LogP contribution is 2.60. The minimum atomic E-state index is -0.158. The van der Waals surface area contributed by atoms with Crippen LogP contribution in [-0.2, 0) is 14.3 Å². The molecule has 0 heterocycles. The monoisotopic (exact) mass is 375 g/mol. The van der Waals surface area contributed by atoms with Gasteiger partial charge in [0, 0.05) is 12.6 Å². The maximum Gasteiger partial charge on any atom is 0.307 e. The molecule has 4 heteroatoms. The van der Waals surface area contributed by atoms with Crippen LogP contribution < -0.4 is 0 Å². The van der Waals surface area contributed by atoms with E-state index >= 15 is 0 Å². The summed E-state index contributed by atoms with van der Waals surface area (Å²) >= 11 is 0. The zero-order chi connectivity index (χ0) is 18.9. The summed E-state index contributed by atoms with van der Waals surface area (Å²) in [5.41, 5.74) is -0.101. The zero-order valence-corrected chi connectivity index (χ0v) is 17.1. The van der Waals surface area contributed by atoms with Crippen LogP contribution in [-0.4, -0.2) is 36.0 Å². The Morgan fingerprint density at radius 1 is 0.926 bits per heavy atom. The lowest BCUT2D eigenvalue weighted by Crippen LogP contribution is -2.56. The Morgan fingerprint density at radius 2 is 1.48 bits per heavy atom. The van der Waals surface area contributed by atoms with Crippen molar-refractivity contribution in [1.82, 2.24) is 4.90 Å². The lowest BCUT2D eigenvalue weighted by molar-refractivity contribution is -0.161. The van der Waals surface area contributed by atoms with Crippen LogP contribution in [0.5, 0.6) is 0 Å². The van der Waals surface area contributed by atoms with E-state index in [0.29, 0.717) is 31.5 Å². The van der Waals surface area contributed by atoms with Gasteiger partial charge in [0.1, 0.15) is 0 Å². The van der Waals surface area contributed by atoms with Gasteiger partial charge in [-0.25, -0.2) is 0 Å². The Morgan fingerprint density at radius 3 is 2.00 bits per heavy atom. The van der Waals surface area contributed by atoms with Crippen molar-refractivity contribution in [2.45, 2.75) is 96.4 Å². The van der Waals surface area contributed by atoms with Gasteiger partial charge in [0.05, 0.1) is 18.4 Å². The van der Waals surface area contributed by atoms with Crippen molar-refractivity contribution in [3.8, 4) is 0 Å². The van der Waals surface area contributed by atoms with Crippen molar-refractivity contribution in [1.29, 1.82) is 0 Å². The largest absolute Gasteiger partial charge is 0.466 e. The Bertz CT molecular complexity index is 515. The number of nitrogens with zero attached hydrogens (tertiary/aromatic N) is 1. The van der Waals surface area contributed by atoms with Crippen LogP contribution >= 0.6 is 0 Å². The van der Waals surface area contributed by atoms with Gasteiger partial charge in [0.2, 0.25) is 5.91 Å². The molecule has 0 aliphatic heterocycles. The fraction of sp³-hybridized carbons (Fsp3) is 0.913. The van der Waals surface area contributed by atoms with E-state index in [9.17, 15) is 9.59 Å². The van der Waals surface area contributed by atoms with Crippen molar-refractivity contribution in [3.63, 3.8) is 0 Å². The molecule has 152 valence electrons. The molecule has 0 radical (unpaired) electrons. The van der Waals surface area contributed by atoms with E-state index < -0.39 is 0 Å². The second kappa shape index (κ2) is 8.13. The fourth-order valence-corrected chi connectivity index (χ4v) is 7.14. The highest BCUT2D eigenvalue weighted by Gasteiger charge is 2.56. The Balaban J connectivity index is 1.51. The van der Waals surface area contributed by atoms with Gasteiger partial charge in [-0.05, 0) is 76.0 Å². The molecule has 5 rings (SSSR count). The third-order valence-corrected chi connectivity index (χ3v) is 7.88. The summed E-state index contributed by atoms with van der Waals surface area (Å²) < 4.78 is 5.16. The predicted octanol–water partition coefficient (Wildman–Crippen LogP) is 4.71. The summed E-state index contributed by atoms with van der Waals surface area (Å²) in [7, 11) is 0. The summed E-state index contributed by atoms with van der Waals surface area (Å²) in [4.78, 5) is 28.1. The smallest absolute Gasteiger partial charge is 0.307 e. The first-order chi connectivity index (χ1) is 13.1. The minimum Gasteiger partial charge on any atom is -0.466 e. The number of amides is 1. The predicted molar refractivity (Wildman–Crippen MR) is 105 cm³/mol. The maximum atomic E-state index is 14.0. The van der Waals surface area contributed by atoms with Crippen LogP contribution in [0.2, 0.25) is 0 Å². The van der Waals surface area contributed by atoms with Gasteiger partial charge in [-0.15, -0.1) is 0 Å². The van der Waals surface area contributed by atoms with E-state index in [1.54, 1.807) is 0 Å². The van der Waals surface area contributed by atoms with Crippen LogP contribution in [0.4, 0.5) is 0 Å². The van der Waals surface area contributed by atoms with E-state index in [4.69, 9.17) is 4.74 Å². The molecule has 0 spiro atoms. The topological polar surface area (TPSA) is 46.6 Å². The average Bonchev–Trinajstić information content (AvgIpc) is 2.90. The molecule has 5 fully saturated rings. The molecule has 5 saturated carbocycles. The van der Waals surface area contributed by atoms with Crippen LogP contribution in [0.25, 0.3) is 0 Å². The fourth-order valence-electron chi connectivity index (χ4n) is 7.14. The molecular weight excluding hydrogens is 338 g/mol. The molecule has 0 aromatic carbocycles. The molecule has 4 bridgehead atoms. The number of hydrogen-bond acceptors (Lipinski definition) is 3. The van der Waals surface area contributed by atoms with Crippen LogP contribution in [0.1, 0.15) is 90.4 Å². The molecule has 27 heavy (non-hydrogen) atoms. The molecule has 1 amide bonds. The standard InChI is InChI=1S/C23H37NO3/c1-2-27-21(25)9-10-24(20-7-5-3-4-6-8-20)22(26)23-14-17-11-18(15-23)13-19(12-17)16-23/h17-20H,2-16H2,1H3. The first kappa shape index (κ1) is 19.3. The highest BCUT2D eigenvalue weighted by atomic mass is 16.5. The van der Waals surface area contributed by atoms with Gasteiger partial charge in [0.25, 0.3) is 0 Å². The SMILES string of the molecule is CCOC(=O)CCN(C(=O)C12CC3CC(CC(C3)C1)C2)C1CCCCCC1. The number of hydrogen-bond donors (Lipinski definition) is 0. The van der Waals surface area contributed by atoms with E-state index in [0.717, 1.165) is 49.9 Å². The molecule has 0 atom stereocenters. The van der Waals surface area contributed by atoms with Crippen LogP contribution in [0.15, 0.2) is 0 Å². The van der Waals surface area contributed by atoms with E-state index in [1.807, 2.05) is 6.92 Å². The molecule has 5 aliphatic rings. The molecule has 5 aliphatic carbocycles. The quantitative estimate of drug-likeness (QED) is 0.499. The maximum absolute atomic E-state index is 14.0. The molecular formula is C23H37NO3. The van der Waals surface area contributed by atoms with Crippen molar-refractivity contribution < 1.29 is 14.3 Å². The van der Waals surface area contributed by atoms with Gasteiger partial charge < -0.3 is 9.64 Å². The lowest BCUT2D eigenvalue weighted by Gasteiger charge is -2.57. The molecule has 0 unspecified atom stereocenters. The Kier molecular flexibility index (Phi) is 5.80. The first-order valence-electron chi connectivity index (χ1n) is 11.6. The molecule has 0 aromatic rings. The molecule has 0 N–H and O–H groups in total. The summed E-state index contributed by atoms with van der Waals surface area (Å²) in [5, 5.41) is 0. The minimum absolute atomic E-state index is 0.101. The van der Waals surface area contributed by atoms with Crippen molar-refractivity contribution >= 4 is 11.9 Å². The van der Waals surface area contributed by atoms with E-state index in [1.165, 1.54) is 44.9 Å². The van der Waals surface area contributed by atoms with Gasteiger partial charge >= 0.3 is 5.97 Å². The summed E-state index contributed by atoms with van der Waals surface area (Å²) in [6.45, 7) is 2.83. The van der Waals surface area contributed by atoms with E-state index in [-0.39, 0.29) is 11.4 Å². The summed E-state index contributed by atoms with van der Waals surface area (Å²) in [6, 6.07) is 0.336. The number of rotatable bonds is 6. The number of ether oxygens (including phenoxy) is 1. The van der Waals surface area contributed by atoms with Gasteiger partial charge in [-0.2, -0.15) is 0 Å². The number of carbonyl (C=O) groups excluding carboxylic acids is 2. The van der Waals surface area contributed by atoms with Gasteiger partial charge in [-0.3, -0.25) is 9.59 Å². The number of carbonyl (C=O) groups is 2. The zero-order valence-electron chi connectivity index (χ0n) is 17.1. The van der Waals surface area contributed by atoms with Crippen molar-refractivity contribution in [3.05, 3.63) is 0 Å². The lowest BCUT2D eigenvalue weighted by atomic mass is 9.49. The van der Waals surface area contributed by atoms with Gasteiger partial charge in [0.15, 0.2) is 0 Å². The molecule has 4 nitrogen and oxygen atoms in total. The second-order valence-corrected chi connectivity index (χ2v) is 9.90. The average molecular weight is 376 g/mol. The summed E-state index contributed by atoms with van der Waals surface area (Å²) in [5.74, 6) is 2.58.